The zero-order valence-electron chi connectivity index (χ0n) is 12.4. The molecular formula is C16H15FN2O4. The smallest absolute Gasteiger partial charge is 0.332 e. The van der Waals surface area contributed by atoms with Gasteiger partial charge >= 0.3 is 11.9 Å². The van der Waals surface area contributed by atoms with E-state index >= 15 is 0 Å². The lowest BCUT2D eigenvalue weighted by atomic mass is 10.1. The number of pyridine rings is 1. The molecular weight excluding hydrogens is 303 g/mol. The van der Waals surface area contributed by atoms with Crippen molar-refractivity contribution in [2.75, 3.05) is 0 Å². The first-order chi connectivity index (χ1) is 11.0. The van der Waals surface area contributed by atoms with Crippen LogP contribution in [-0.2, 0) is 9.63 Å². The Bertz CT molecular complexity index is 734. The van der Waals surface area contributed by atoms with Gasteiger partial charge in [-0.2, -0.15) is 5.48 Å². The highest BCUT2D eigenvalue weighted by Gasteiger charge is 2.16. The monoisotopic (exact) mass is 318 g/mol. The molecule has 23 heavy (non-hydrogen) atoms. The zero-order chi connectivity index (χ0) is 16.8. The Labute approximate surface area is 131 Å². The third kappa shape index (κ3) is 4.26. The van der Waals surface area contributed by atoms with Crippen LogP contribution >= 0.6 is 0 Å². The number of benzene rings is 1. The topological polar surface area (TPSA) is 88.5 Å². The molecule has 0 atom stereocenters. The van der Waals surface area contributed by atoms with E-state index in [1.807, 2.05) is 5.48 Å². The van der Waals surface area contributed by atoms with E-state index in [-0.39, 0.29) is 12.1 Å². The SMILES string of the molecule is CCCC(=O)ONC(=O)c1ncc(-c2cccc(F)c2)cc1O. The lowest BCUT2D eigenvalue weighted by Crippen LogP contribution is -2.27. The Morgan fingerprint density at radius 3 is 2.74 bits per heavy atom. The number of hydroxylamine groups is 1. The van der Waals surface area contributed by atoms with Crippen LogP contribution in [0.15, 0.2) is 36.5 Å². The van der Waals surface area contributed by atoms with Crippen molar-refractivity contribution in [3.63, 3.8) is 0 Å². The van der Waals surface area contributed by atoms with Crippen LogP contribution < -0.4 is 5.48 Å². The Morgan fingerprint density at radius 1 is 1.30 bits per heavy atom. The number of halogens is 1. The summed E-state index contributed by atoms with van der Waals surface area (Å²) in [5.74, 6) is -2.27. The minimum atomic E-state index is -0.849. The van der Waals surface area contributed by atoms with E-state index in [1.54, 1.807) is 13.0 Å². The molecule has 0 radical (unpaired) electrons. The average Bonchev–Trinajstić information content (AvgIpc) is 2.53. The summed E-state index contributed by atoms with van der Waals surface area (Å²) < 4.78 is 13.2. The van der Waals surface area contributed by atoms with E-state index in [0.29, 0.717) is 17.5 Å². The maximum absolute atomic E-state index is 13.2. The maximum Gasteiger partial charge on any atom is 0.332 e. The molecule has 1 amide bonds. The molecule has 1 aromatic carbocycles. The number of aromatic hydroxyl groups is 1. The number of nitrogens with one attached hydrogen (secondary N) is 1. The Hall–Kier alpha value is -2.96. The van der Waals surface area contributed by atoms with Gasteiger partial charge in [-0.05, 0) is 30.2 Å². The van der Waals surface area contributed by atoms with Gasteiger partial charge in [0.1, 0.15) is 11.6 Å². The van der Waals surface area contributed by atoms with Crippen LogP contribution in [0, 0.1) is 5.82 Å². The maximum atomic E-state index is 13.2. The number of hydrogen-bond donors (Lipinski definition) is 2. The lowest BCUT2D eigenvalue weighted by Gasteiger charge is -2.08. The molecule has 0 bridgehead atoms. The van der Waals surface area contributed by atoms with Gasteiger partial charge in [0.05, 0.1) is 0 Å². The summed E-state index contributed by atoms with van der Waals surface area (Å²) >= 11 is 0. The van der Waals surface area contributed by atoms with E-state index in [1.165, 1.54) is 30.5 Å². The largest absolute Gasteiger partial charge is 0.505 e. The predicted molar refractivity (Wildman–Crippen MR) is 79.8 cm³/mol. The minimum Gasteiger partial charge on any atom is -0.505 e. The fourth-order valence-electron chi connectivity index (χ4n) is 1.86. The molecule has 2 N–H and O–H groups in total. The molecule has 2 rings (SSSR count). The number of aromatic nitrogens is 1. The van der Waals surface area contributed by atoms with E-state index < -0.39 is 23.4 Å². The number of amides is 1. The van der Waals surface area contributed by atoms with E-state index in [0.717, 1.165) is 0 Å². The van der Waals surface area contributed by atoms with Crippen LogP contribution in [-0.4, -0.2) is 22.0 Å². The van der Waals surface area contributed by atoms with Crippen LogP contribution in [0.5, 0.6) is 5.75 Å². The second-order valence-corrected chi connectivity index (χ2v) is 4.76. The first-order valence-electron chi connectivity index (χ1n) is 6.96. The van der Waals surface area contributed by atoms with Crippen molar-refractivity contribution in [3.8, 4) is 16.9 Å². The van der Waals surface area contributed by atoms with Crippen molar-refractivity contribution in [1.82, 2.24) is 10.5 Å². The van der Waals surface area contributed by atoms with Crippen molar-refractivity contribution in [1.29, 1.82) is 0 Å². The third-order valence-electron chi connectivity index (χ3n) is 2.95. The summed E-state index contributed by atoms with van der Waals surface area (Å²) in [6, 6.07) is 7.03. The van der Waals surface area contributed by atoms with E-state index in [9.17, 15) is 19.1 Å². The normalized spacial score (nSPS) is 10.2. The van der Waals surface area contributed by atoms with Crippen LogP contribution in [0.25, 0.3) is 11.1 Å². The quantitative estimate of drug-likeness (QED) is 0.846. The standard InChI is InChI=1S/C16H15FN2O4/c1-2-4-14(21)23-19-16(22)15-13(20)8-11(9-18-15)10-5-3-6-12(17)7-10/h3,5-9,20H,2,4H2,1H3,(H,19,22). The molecule has 2 aromatic rings. The fraction of sp³-hybridized carbons (Fsp3) is 0.188. The minimum absolute atomic E-state index is 0.165. The van der Waals surface area contributed by atoms with Crippen molar-refractivity contribution in [2.24, 2.45) is 0 Å². The molecule has 0 aliphatic rings. The number of nitrogens with zero attached hydrogens (tertiary/aromatic N) is 1. The Morgan fingerprint density at radius 2 is 2.09 bits per heavy atom. The number of hydrogen-bond acceptors (Lipinski definition) is 5. The molecule has 0 aliphatic heterocycles. The summed E-state index contributed by atoms with van der Waals surface area (Å²) in [5.41, 5.74) is 2.58. The zero-order valence-corrected chi connectivity index (χ0v) is 12.4. The first-order valence-corrected chi connectivity index (χ1v) is 6.96. The summed E-state index contributed by atoms with van der Waals surface area (Å²) in [7, 11) is 0. The molecule has 120 valence electrons. The van der Waals surface area contributed by atoms with E-state index in [4.69, 9.17) is 0 Å². The van der Waals surface area contributed by atoms with Gasteiger partial charge in [0.25, 0.3) is 0 Å². The highest BCUT2D eigenvalue weighted by Crippen LogP contribution is 2.25. The van der Waals surface area contributed by atoms with Crippen molar-refractivity contribution >= 4 is 11.9 Å². The molecule has 1 aromatic heterocycles. The average molecular weight is 318 g/mol. The summed E-state index contributed by atoms with van der Waals surface area (Å²) in [4.78, 5) is 31.4. The fourth-order valence-corrected chi connectivity index (χ4v) is 1.86. The molecule has 0 saturated carbocycles. The van der Waals surface area contributed by atoms with Gasteiger partial charge in [0, 0.05) is 18.2 Å². The molecule has 0 fully saturated rings. The molecule has 6 nitrogen and oxygen atoms in total. The summed E-state index contributed by atoms with van der Waals surface area (Å²) in [5, 5.41) is 9.90. The lowest BCUT2D eigenvalue weighted by molar-refractivity contribution is -0.149. The third-order valence-corrected chi connectivity index (χ3v) is 2.95. The number of carbonyl (C=O) groups is 2. The molecule has 1 heterocycles. The highest BCUT2D eigenvalue weighted by atomic mass is 19.1. The second-order valence-electron chi connectivity index (χ2n) is 4.76. The van der Waals surface area contributed by atoms with Gasteiger partial charge in [-0.25, -0.2) is 14.2 Å². The van der Waals surface area contributed by atoms with Crippen molar-refractivity contribution < 1.29 is 23.9 Å². The van der Waals surface area contributed by atoms with Gasteiger partial charge in [0.2, 0.25) is 0 Å². The van der Waals surface area contributed by atoms with Crippen LogP contribution in [0.2, 0.25) is 0 Å². The number of rotatable bonds is 4. The molecule has 0 spiro atoms. The van der Waals surface area contributed by atoms with Crippen molar-refractivity contribution in [2.45, 2.75) is 19.8 Å². The van der Waals surface area contributed by atoms with Crippen LogP contribution in [0.1, 0.15) is 30.3 Å². The van der Waals surface area contributed by atoms with E-state index in [2.05, 4.69) is 9.82 Å². The molecule has 0 aliphatic carbocycles. The number of carbonyl (C=O) groups excluding carboxylic acids is 2. The second kappa shape index (κ2) is 7.35. The first kappa shape index (κ1) is 16.4. The Balaban J connectivity index is 2.13. The Kier molecular flexibility index (Phi) is 5.24. The van der Waals surface area contributed by atoms with Crippen molar-refractivity contribution in [3.05, 3.63) is 48.0 Å². The van der Waals surface area contributed by atoms with Gasteiger partial charge in [-0.15, -0.1) is 0 Å². The van der Waals surface area contributed by atoms with Gasteiger partial charge in [0.15, 0.2) is 5.69 Å². The summed E-state index contributed by atoms with van der Waals surface area (Å²) in [6.07, 6.45) is 2.07. The predicted octanol–water partition coefficient (Wildman–Crippen LogP) is 2.58. The van der Waals surface area contributed by atoms with Gasteiger partial charge < -0.3 is 9.94 Å². The van der Waals surface area contributed by atoms with Gasteiger partial charge in [-0.3, -0.25) is 4.79 Å². The van der Waals surface area contributed by atoms with Gasteiger partial charge in [-0.1, -0.05) is 19.1 Å². The molecule has 7 heteroatoms. The molecule has 0 unspecified atom stereocenters. The summed E-state index contributed by atoms with van der Waals surface area (Å²) in [6.45, 7) is 1.79. The molecule has 0 saturated heterocycles. The highest BCUT2D eigenvalue weighted by molar-refractivity contribution is 5.95. The van der Waals surface area contributed by atoms with Crippen LogP contribution in [0.4, 0.5) is 4.39 Å². The van der Waals surface area contributed by atoms with Crippen LogP contribution in [0.3, 0.4) is 0 Å².